The average Bonchev–Trinajstić information content (AvgIpc) is 3.25. The predicted octanol–water partition coefficient (Wildman–Crippen LogP) is 2.00. The van der Waals surface area contributed by atoms with Crippen LogP contribution in [0.5, 0.6) is 0 Å². The molecule has 1 saturated carbocycles. The van der Waals surface area contributed by atoms with Gasteiger partial charge in [-0.2, -0.15) is 5.10 Å². The lowest BCUT2D eigenvalue weighted by Crippen LogP contribution is -2.24. The van der Waals surface area contributed by atoms with E-state index in [0.717, 1.165) is 18.5 Å². The first-order valence-corrected chi connectivity index (χ1v) is 9.55. The van der Waals surface area contributed by atoms with Crippen LogP contribution in [0.25, 0.3) is 0 Å². The second kappa shape index (κ2) is 6.45. The number of imidazole rings is 1. The summed E-state index contributed by atoms with van der Waals surface area (Å²) in [5, 5.41) is 4.55. The molecule has 1 aliphatic carbocycles. The molecule has 0 aliphatic heterocycles. The first-order valence-electron chi connectivity index (χ1n) is 8.07. The van der Waals surface area contributed by atoms with Gasteiger partial charge in [-0.3, -0.25) is 4.68 Å². The Balaban J connectivity index is 1.66. The van der Waals surface area contributed by atoms with Gasteiger partial charge in [0, 0.05) is 18.9 Å². The van der Waals surface area contributed by atoms with Crippen molar-refractivity contribution in [1.82, 2.24) is 24.1 Å². The maximum Gasteiger partial charge on any atom is 0.259 e. The number of sulfonamides is 1. The van der Waals surface area contributed by atoms with E-state index in [1.54, 1.807) is 13.1 Å². The molecular weight excluding hydrogens is 314 g/mol. The van der Waals surface area contributed by atoms with Crippen LogP contribution in [0.3, 0.4) is 0 Å². The molecule has 1 N–H and O–H groups in total. The van der Waals surface area contributed by atoms with Gasteiger partial charge in [0.15, 0.2) is 5.03 Å². The summed E-state index contributed by atoms with van der Waals surface area (Å²) in [4.78, 5) is 4.12. The predicted molar refractivity (Wildman–Crippen MR) is 86.4 cm³/mol. The van der Waals surface area contributed by atoms with Crippen LogP contribution in [0, 0.1) is 6.92 Å². The summed E-state index contributed by atoms with van der Waals surface area (Å²) in [7, 11) is -3.61. The molecule has 0 bridgehead atoms. The van der Waals surface area contributed by atoms with Gasteiger partial charge in [-0.25, -0.2) is 18.1 Å². The molecule has 0 unspecified atom stereocenters. The number of nitrogens with zero attached hydrogens (tertiary/aromatic N) is 4. The minimum Gasteiger partial charge on any atom is -0.334 e. The van der Waals surface area contributed by atoms with Crippen molar-refractivity contribution in [1.29, 1.82) is 0 Å². The molecule has 0 radical (unpaired) electrons. The van der Waals surface area contributed by atoms with E-state index in [1.807, 2.05) is 28.4 Å². The molecule has 23 heavy (non-hydrogen) atoms. The Morgan fingerprint density at radius 1 is 1.35 bits per heavy atom. The fourth-order valence-electron chi connectivity index (χ4n) is 3.02. The van der Waals surface area contributed by atoms with Gasteiger partial charge in [-0.15, -0.1) is 0 Å². The first-order chi connectivity index (χ1) is 11.0. The molecule has 0 atom stereocenters. The molecule has 2 aromatic rings. The van der Waals surface area contributed by atoms with Gasteiger partial charge in [0.25, 0.3) is 10.0 Å². The van der Waals surface area contributed by atoms with Crippen molar-refractivity contribution in [3.05, 3.63) is 30.0 Å². The SMILES string of the molecule is CCn1cc(S(=O)(=O)NCc2ccn(C3CCCC3)n2)nc1C. The van der Waals surface area contributed by atoms with E-state index in [9.17, 15) is 8.42 Å². The Hall–Kier alpha value is -1.67. The Morgan fingerprint density at radius 2 is 2.09 bits per heavy atom. The van der Waals surface area contributed by atoms with E-state index in [-0.39, 0.29) is 11.6 Å². The summed E-state index contributed by atoms with van der Waals surface area (Å²) >= 11 is 0. The molecule has 0 saturated heterocycles. The van der Waals surface area contributed by atoms with Gasteiger partial charge >= 0.3 is 0 Å². The van der Waals surface area contributed by atoms with Gasteiger partial charge in [0.2, 0.25) is 0 Å². The third-order valence-corrected chi connectivity index (χ3v) is 5.65. The molecule has 1 aliphatic rings. The number of nitrogens with one attached hydrogen (secondary N) is 1. The lowest BCUT2D eigenvalue weighted by atomic mass is 10.3. The summed E-state index contributed by atoms with van der Waals surface area (Å²) in [6, 6.07) is 2.33. The van der Waals surface area contributed by atoms with Gasteiger partial charge < -0.3 is 4.57 Å². The van der Waals surface area contributed by atoms with E-state index < -0.39 is 10.0 Å². The highest BCUT2D eigenvalue weighted by Crippen LogP contribution is 2.28. The smallest absolute Gasteiger partial charge is 0.259 e. The van der Waals surface area contributed by atoms with Gasteiger partial charge in [0.1, 0.15) is 5.82 Å². The van der Waals surface area contributed by atoms with Gasteiger partial charge in [-0.05, 0) is 32.8 Å². The van der Waals surface area contributed by atoms with Crippen molar-refractivity contribution in [2.24, 2.45) is 0 Å². The molecule has 1 fully saturated rings. The molecule has 0 amide bonds. The van der Waals surface area contributed by atoms with E-state index in [2.05, 4.69) is 14.8 Å². The summed E-state index contributed by atoms with van der Waals surface area (Å²) in [5.74, 6) is 0.693. The Kier molecular flexibility index (Phi) is 4.54. The lowest BCUT2D eigenvalue weighted by Gasteiger charge is -2.08. The van der Waals surface area contributed by atoms with E-state index in [4.69, 9.17) is 0 Å². The van der Waals surface area contributed by atoms with Crippen LogP contribution in [0.2, 0.25) is 0 Å². The Bertz CT molecular complexity index is 772. The summed E-state index contributed by atoms with van der Waals surface area (Å²) in [6.45, 7) is 4.63. The number of hydrogen-bond acceptors (Lipinski definition) is 4. The molecule has 126 valence electrons. The van der Waals surface area contributed by atoms with E-state index in [0.29, 0.717) is 18.4 Å². The van der Waals surface area contributed by atoms with Crippen molar-refractivity contribution in [2.45, 2.75) is 63.7 Å². The van der Waals surface area contributed by atoms with Crippen LogP contribution in [-0.2, 0) is 23.1 Å². The van der Waals surface area contributed by atoms with Crippen LogP contribution in [-0.4, -0.2) is 27.7 Å². The van der Waals surface area contributed by atoms with Crippen molar-refractivity contribution >= 4 is 10.0 Å². The Morgan fingerprint density at radius 3 is 2.74 bits per heavy atom. The molecule has 0 spiro atoms. The van der Waals surface area contributed by atoms with Crippen molar-refractivity contribution in [3.8, 4) is 0 Å². The molecule has 3 rings (SSSR count). The van der Waals surface area contributed by atoms with E-state index >= 15 is 0 Å². The monoisotopic (exact) mass is 337 g/mol. The van der Waals surface area contributed by atoms with E-state index in [1.165, 1.54) is 12.8 Å². The van der Waals surface area contributed by atoms with Crippen LogP contribution < -0.4 is 4.72 Å². The highest BCUT2D eigenvalue weighted by atomic mass is 32.2. The fraction of sp³-hybridized carbons (Fsp3) is 0.600. The topological polar surface area (TPSA) is 81.8 Å². The third kappa shape index (κ3) is 3.48. The molecular formula is C15H23N5O2S. The number of hydrogen-bond donors (Lipinski definition) is 1. The number of aromatic nitrogens is 4. The summed E-state index contributed by atoms with van der Waals surface area (Å²) in [5.41, 5.74) is 0.729. The largest absolute Gasteiger partial charge is 0.334 e. The zero-order valence-corrected chi connectivity index (χ0v) is 14.4. The van der Waals surface area contributed by atoms with Crippen LogP contribution in [0.15, 0.2) is 23.5 Å². The second-order valence-corrected chi connectivity index (χ2v) is 7.68. The zero-order valence-electron chi connectivity index (χ0n) is 13.6. The minimum atomic E-state index is -3.61. The third-order valence-electron chi connectivity index (χ3n) is 4.38. The van der Waals surface area contributed by atoms with Crippen LogP contribution in [0.1, 0.15) is 50.2 Å². The lowest BCUT2D eigenvalue weighted by molar-refractivity contribution is 0.462. The normalized spacial score (nSPS) is 16.3. The number of aryl methyl sites for hydroxylation is 2. The maximum atomic E-state index is 12.3. The maximum absolute atomic E-state index is 12.3. The summed E-state index contributed by atoms with van der Waals surface area (Å²) < 4.78 is 31.0. The molecule has 7 nitrogen and oxygen atoms in total. The Labute approximate surface area is 136 Å². The van der Waals surface area contributed by atoms with Crippen molar-refractivity contribution in [2.75, 3.05) is 0 Å². The molecule has 2 aromatic heterocycles. The number of rotatable bonds is 6. The zero-order chi connectivity index (χ0) is 16.4. The standard InChI is InChI=1S/C15H23N5O2S/c1-3-19-11-15(17-12(19)2)23(21,22)16-10-13-8-9-20(18-13)14-6-4-5-7-14/h8-9,11,14,16H,3-7,10H2,1-2H3. The first kappa shape index (κ1) is 16.2. The molecule has 2 heterocycles. The van der Waals surface area contributed by atoms with Gasteiger partial charge in [-0.1, -0.05) is 12.8 Å². The second-order valence-electron chi connectivity index (χ2n) is 5.96. The highest BCUT2D eigenvalue weighted by molar-refractivity contribution is 7.89. The quantitative estimate of drug-likeness (QED) is 0.874. The van der Waals surface area contributed by atoms with Crippen LogP contribution >= 0.6 is 0 Å². The fourth-order valence-corrected chi connectivity index (χ4v) is 4.02. The van der Waals surface area contributed by atoms with Crippen molar-refractivity contribution < 1.29 is 8.42 Å². The van der Waals surface area contributed by atoms with Crippen LogP contribution in [0.4, 0.5) is 0 Å². The van der Waals surface area contributed by atoms with Gasteiger partial charge in [0.05, 0.1) is 18.3 Å². The molecule has 0 aromatic carbocycles. The average molecular weight is 337 g/mol. The van der Waals surface area contributed by atoms with Crippen molar-refractivity contribution in [3.63, 3.8) is 0 Å². The molecule has 8 heteroatoms. The summed E-state index contributed by atoms with van der Waals surface area (Å²) in [6.07, 6.45) is 8.30. The highest BCUT2D eigenvalue weighted by Gasteiger charge is 2.20. The minimum absolute atomic E-state index is 0.0621.